The predicted octanol–water partition coefficient (Wildman–Crippen LogP) is 16.0. The first-order valence-electron chi connectivity index (χ1n) is 22.7. The van der Waals surface area contributed by atoms with Gasteiger partial charge in [-0.1, -0.05) is 196 Å². The molecule has 0 fully saturated rings. The van der Waals surface area contributed by atoms with E-state index in [1.807, 2.05) is 0 Å². The number of rotatable bonds is 3. The lowest BCUT2D eigenvalue weighted by atomic mass is 9.81. The van der Waals surface area contributed by atoms with Crippen LogP contribution < -0.4 is 15.9 Å². The van der Waals surface area contributed by atoms with Crippen LogP contribution >= 0.6 is 7.14 Å². The second-order valence-corrected chi connectivity index (χ2v) is 21.3. The van der Waals surface area contributed by atoms with Crippen molar-refractivity contribution in [1.29, 1.82) is 0 Å². The molecule has 0 saturated heterocycles. The van der Waals surface area contributed by atoms with E-state index in [0.717, 1.165) is 59.0 Å². The molecular formula is C63H41OP. The molecule has 65 heavy (non-hydrogen) atoms. The highest BCUT2D eigenvalue weighted by molar-refractivity contribution is 7.86. The quantitative estimate of drug-likeness (QED) is 0.128. The molecule has 1 aliphatic carbocycles. The van der Waals surface area contributed by atoms with Crippen molar-refractivity contribution >= 4 is 120 Å². The van der Waals surface area contributed by atoms with E-state index in [-0.39, 0.29) is 5.41 Å². The minimum atomic E-state index is -3.72. The molecule has 13 aromatic rings. The molecule has 0 heterocycles. The van der Waals surface area contributed by atoms with Gasteiger partial charge in [0.2, 0.25) is 0 Å². The lowest BCUT2D eigenvalue weighted by Gasteiger charge is -2.27. The summed E-state index contributed by atoms with van der Waals surface area (Å²) in [5, 5.41) is 23.7. The maximum absolute atomic E-state index is 18.0. The summed E-state index contributed by atoms with van der Waals surface area (Å²) in [6.45, 7) is 4.72. The minimum Gasteiger partial charge on any atom is -0.309 e. The average Bonchev–Trinajstić information content (AvgIpc) is 3.59. The highest BCUT2D eigenvalue weighted by Crippen LogP contribution is 2.55. The van der Waals surface area contributed by atoms with Gasteiger partial charge in [0.25, 0.3) is 0 Å². The van der Waals surface area contributed by atoms with Gasteiger partial charge in [-0.15, -0.1) is 0 Å². The van der Waals surface area contributed by atoms with E-state index in [0.29, 0.717) is 0 Å². The molecule has 0 atom stereocenters. The molecular weight excluding hydrogens is 804 g/mol. The third-order valence-corrected chi connectivity index (χ3v) is 18.2. The first-order valence-corrected chi connectivity index (χ1v) is 24.4. The van der Waals surface area contributed by atoms with Crippen molar-refractivity contribution in [3.63, 3.8) is 0 Å². The fourth-order valence-corrected chi connectivity index (χ4v) is 15.0. The Morgan fingerprint density at radius 2 is 0.646 bits per heavy atom. The zero-order chi connectivity index (χ0) is 43.2. The van der Waals surface area contributed by atoms with Crippen LogP contribution in [0, 0.1) is 0 Å². The Morgan fingerprint density at radius 1 is 0.292 bits per heavy atom. The normalized spacial score (nSPS) is 13.6. The summed E-state index contributed by atoms with van der Waals surface area (Å²) in [5.41, 5.74) is 4.61. The van der Waals surface area contributed by atoms with Gasteiger partial charge >= 0.3 is 0 Å². The van der Waals surface area contributed by atoms with E-state index in [1.54, 1.807) is 0 Å². The Hall–Kier alpha value is -7.57. The maximum atomic E-state index is 18.0. The van der Waals surface area contributed by atoms with Crippen molar-refractivity contribution < 1.29 is 4.57 Å². The predicted molar refractivity (Wildman–Crippen MR) is 281 cm³/mol. The van der Waals surface area contributed by atoms with Crippen LogP contribution in [0.15, 0.2) is 212 Å². The van der Waals surface area contributed by atoms with Gasteiger partial charge in [0.15, 0.2) is 7.14 Å². The molecule has 13 aromatic carbocycles. The maximum Gasteiger partial charge on any atom is 0.172 e. The van der Waals surface area contributed by atoms with Gasteiger partial charge in [0.1, 0.15) is 0 Å². The molecule has 2 heteroatoms. The molecule has 0 unspecified atom stereocenters. The molecule has 0 aliphatic heterocycles. The summed E-state index contributed by atoms with van der Waals surface area (Å²) in [4.78, 5) is 0. The largest absolute Gasteiger partial charge is 0.309 e. The Balaban J connectivity index is 1.12. The first-order chi connectivity index (χ1) is 31.9. The summed E-state index contributed by atoms with van der Waals surface area (Å²) in [7, 11) is -3.72. The van der Waals surface area contributed by atoms with Crippen LogP contribution in [0.25, 0.3) is 108 Å². The molecule has 0 spiro atoms. The Bertz CT molecular complexity index is 4140. The molecule has 14 rings (SSSR count). The van der Waals surface area contributed by atoms with Crippen molar-refractivity contribution in [3.05, 3.63) is 223 Å². The molecule has 0 aromatic heterocycles. The van der Waals surface area contributed by atoms with Gasteiger partial charge in [0.05, 0.1) is 0 Å². The van der Waals surface area contributed by atoms with E-state index >= 15 is 4.57 Å². The van der Waals surface area contributed by atoms with Gasteiger partial charge in [-0.2, -0.15) is 0 Å². The zero-order valence-corrected chi connectivity index (χ0v) is 37.0. The topological polar surface area (TPSA) is 17.1 Å². The first kappa shape index (κ1) is 36.9. The SMILES string of the molecule is CC1(C)c2cc(P(=O)(c3cc4c5ccccc5ccc4c4ccccc34)c3cc4c5ccccc5ccc4c4ccccc34)ccc2-c2cc3c4ccccc4c4ccccc4c3cc21. The minimum absolute atomic E-state index is 0.365. The average molecular weight is 845 g/mol. The van der Waals surface area contributed by atoms with E-state index in [9.17, 15) is 0 Å². The van der Waals surface area contributed by atoms with E-state index in [4.69, 9.17) is 0 Å². The summed E-state index contributed by atoms with van der Waals surface area (Å²) in [6, 6.07) is 77.4. The molecule has 0 amide bonds. The zero-order valence-electron chi connectivity index (χ0n) is 36.1. The van der Waals surface area contributed by atoms with Crippen LogP contribution in [-0.2, 0) is 9.98 Å². The van der Waals surface area contributed by atoms with E-state index in [1.165, 1.54) is 76.1 Å². The molecule has 1 nitrogen and oxygen atoms in total. The summed E-state index contributed by atoms with van der Waals surface area (Å²) in [6.07, 6.45) is 0. The number of benzene rings is 13. The summed E-state index contributed by atoms with van der Waals surface area (Å²) >= 11 is 0. The Morgan fingerprint density at radius 3 is 1.14 bits per heavy atom. The highest BCUT2D eigenvalue weighted by atomic mass is 31.2. The molecule has 0 radical (unpaired) electrons. The second-order valence-electron chi connectivity index (χ2n) is 18.6. The van der Waals surface area contributed by atoms with Gasteiger partial charge in [-0.3, -0.25) is 0 Å². The summed E-state index contributed by atoms with van der Waals surface area (Å²) < 4.78 is 18.0. The van der Waals surface area contributed by atoms with E-state index in [2.05, 4.69) is 226 Å². The number of hydrogen-bond donors (Lipinski definition) is 0. The van der Waals surface area contributed by atoms with Crippen LogP contribution in [0.5, 0.6) is 0 Å². The molecule has 0 bridgehead atoms. The smallest absolute Gasteiger partial charge is 0.172 e. The fraction of sp³-hybridized carbons (Fsp3) is 0.0476. The van der Waals surface area contributed by atoms with Crippen LogP contribution in [0.4, 0.5) is 0 Å². The van der Waals surface area contributed by atoms with Crippen molar-refractivity contribution in [2.75, 3.05) is 0 Å². The molecule has 1 aliphatic rings. The van der Waals surface area contributed by atoms with Crippen LogP contribution in [0.1, 0.15) is 25.0 Å². The Labute approximate surface area is 376 Å². The number of hydrogen-bond acceptors (Lipinski definition) is 1. The van der Waals surface area contributed by atoms with E-state index < -0.39 is 7.14 Å². The van der Waals surface area contributed by atoms with Gasteiger partial charge < -0.3 is 4.57 Å². The van der Waals surface area contributed by atoms with Crippen molar-refractivity contribution in [2.45, 2.75) is 19.3 Å². The second kappa shape index (κ2) is 13.2. The third kappa shape index (κ3) is 4.97. The van der Waals surface area contributed by atoms with Crippen LogP contribution in [-0.4, -0.2) is 0 Å². The highest BCUT2D eigenvalue weighted by Gasteiger charge is 2.40. The molecule has 304 valence electrons. The summed E-state index contributed by atoms with van der Waals surface area (Å²) in [5.74, 6) is 0. The molecule has 0 saturated carbocycles. The standard InChI is InChI=1S/C63H41OP/c1-63(2)59-33-40(29-32-51(59)58-34-54-47-23-9-7-19-43(47)44-20-8-10-24-48(44)55(54)35-60(58)63)65(64,61-36-56-41-17-5-3-15-38(41)27-30-49(56)45-21-11-13-25-52(45)61)62-37-57-42-18-6-4-16-39(42)28-31-50(57)46-22-12-14-26-53(46)62/h3-37H,1-2H3. The van der Waals surface area contributed by atoms with Crippen LogP contribution in [0.3, 0.4) is 0 Å². The van der Waals surface area contributed by atoms with Crippen LogP contribution in [0.2, 0.25) is 0 Å². The van der Waals surface area contributed by atoms with Crippen molar-refractivity contribution in [3.8, 4) is 11.1 Å². The van der Waals surface area contributed by atoms with Gasteiger partial charge in [-0.05, 0) is 150 Å². The number of fused-ring (bicyclic) bond motifs is 19. The monoisotopic (exact) mass is 844 g/mol. The fourth-order valence-electron chi connectivity index (χ4n) is 11.9. The Kier molecular flexibility index (Phi) is 7.51. The van der Waals surface area contributed by atoms with Gasteiger partial charge in [0, 0.05) is 21.3 Å². The van der Waals surface area contributed by atoms with Gasteiger partial charge in [-0.25, -0.2) is 0 Å². The molecule has 0 N–H and O–H groups in total. The lowest BCUT2D eigenvalue weighted by molar-refractivity contribution is 0.592. The lowest BCUT2D eigenvalue weighted by Crippen LogP contribution is -2.28. The van der Waals surface area contributed by atoms with Crippen molar-refractivity contribution in [1.82, 2.24) is 0 Å². The third-order valence-electron chi connectivity index (χ3n) is 15.1. The van der Waals surface area contributed by atoms with Crippen molar-refractivity contribution in [2.24, 2.45) is 0 Å².